The second kappa shape index (κ2) is 9.75. The third kappa shape index (κ3) is 5.59. The summed E-state index contributed by atoms with van der Waals surface area (Å²) in [6.07, 6.45) is 0. The highest BCUT2D eigenvalue weighted by Crippen LogP contribution is 2.25. The molecule has 142 valence electrons. The number of rotatable bonds is 7. The molecule has 1 aromatic carbocycles. The fourth-order valence-electron chi connectivity index (χ4n) is 2.23. The monoisotopic (exact) mass is 398 g/mol. The van der Waals surface area contributed by atoms with Crippen LogP contribution in [0, 0.1) is 6.92 Å². The van der Waals surface area contributed by atoms with Crippen LogP contribution in [0.1, 0.15) is 30.2 Å². The molecule has 2 N–H and O–H groups in total. The molecule has 1 aromatic heterocycles. The van der Waals surface area contributed by atoms with Gasteiger partial charge in [-0.1, -0.05) is 29.3 Å². The first-order valence-electron chi connectivity index (χ1n) is 8.26. The van der Waals surface area contributed by atoms with E-state index in [9.17, 15) is 0 Å². The van der Waals surface area contributed by atoms with Crippen LogP contribution in [0.3, 0.4) is 0 Å². The fraction of sp³-hybridized carbons (Fsp3) is 0.471. The maximum atomic E-state index is 6.12. The SMILES string of the molecule is COCCNC(=NCc1nnc(C)n1C)NC(C)c1ccc(Cl)c(Cl)c1. The standard InChI is InChI=1S/C17H24Cl2N6O/c1-11(13-5-6-14(18)15(19)9-13)22-17(20-7-8-26-4)21-10-16-24-23-12(2)25(16)3/h5-6,9,11H,7-8,10H2,1-4H3,(H2,20,21,22). The summed E-state index contributed by atoms with van der Waals surface area (Å²) in [5, 5.41) is 15.8. The van der Waals surface area contributed by atoms with Gasteiger partial charge in [-0.25, -0.2) is 4.99 Å². The highest BCUT2D eigenvalue weighted by atomic mass is 35.5. The molecule has 0 radical (unpaired) electrons. The minimum Gasteiger partial charge on any atom is -0.383 e. The zero-order valence-corrected chi connectivity index (χ0v) is 16.9. The largest absolute Gasteiger partial charge is 0.383 e. The van der Waals surface area contributed by atoms with Crippen molar-refractivity contribution in [2.24, 2.45) is 12.0 Å². The maximum Gasteiger partial charge on any atom is 0.192 e. The molecular formula is C17H24Cl2N6O. The Kier molecular flexibility index (Phi) is 7.68. The molecule has 1 heterocycles. The summed E-state index contributed by atoms with van der Waals surface area (Å²) < 4.78 is 7.01. The van der Waals surface area contributed by atoms with E-state index in [1.54, 1.807) is 13.2 Å². The number of aromatic nitrogens is 3. The summed E-state index contributed by atoms with van der Waals surface area (Å²) in [6.45, 7) is 5.55. The summed E-state index contributed by atoms with van der Waals surface area (Å²) in [6, 6.07) is 5.56. The number of methoxy groups -OCH3 is 1. The minimum atomic E-state index is -0.0141. The van der Waals surface area contributed by atoms with E-state index in [4.69, 9.17) is 27.9 Å². The van der Waals surface area contributed by atoms with E-state index in [1.807, 2.05) is 37.6 Å². The number of hydrogen-bond donors (Lipinski definition) is 2. The molecule has 0 bridgehead atoms. The van der Waals surface area contributed by atoms with Gasteiger partial charge in [0.15, 0.2) is 11.8 Å². The Morgan fingerprint density at radius 1 is 1.31 bits per heavy atom. The molecule has 0 aliphatic rings. The number of aliphatic imine (C=N–C) groups is 1. The third-order valence-corrected chi connectivity index (χ3v) is 4.70. The van der Waals surface area contributed by atoms with Crippen molar-refractivity contribution in [3.05, 3.63) is 45.5 Å². The topological polar surface area (TPSA) is 76.4 Å². The number of ether oxygens (including phenoxy) is 1. The molecule has 0 saturated heterocycles. The van der Waals surface area contributed by atoms with Gasteiger partial charge < -0.3 is 19.9 Å². The van der Waals surface area contributed by atoms with Crippen molar-refractivity contribution in [1.82, 2.24) is 25.4 Å². The Morgan fingerprint density at radius 2 is 2.08 bits per heavy atom. The molecule has 0 fully saturated rings. The van der Waals surface area contributed by atoms with E-state index < -0.39 is 0 Å². The fourth-order valence-corrected chi connectivity index (χ4v) is 2.54. The van der Waals surface area contributed by atoms with Gasteiger partial charge in [-0.3, -0.25) is 0 Å². The van der Waals surface area contributed by atoms with Crippen molar-refractivity contribution in [3.8, 4) is 0 Å². The second-order valence-corrected chi connectivity index (χ2v) is 6.66. The Hall–Kier alpha value is -1.83. The normalized spacial score (nSPS) is 12.9. The third-order valence-electron chi connectivity index (χ3n) is 3.96. The van der Waals surface area contributed by atoms with Crippen molar-refractivity contribution >= 4 is 29.2 Å². The van der Waals surface area contributed by atoms with Gasteiger partial charge in [0.2, 0.25) is 0 Å². The van der Waals surface area contributed by atoms with Crippen LogP contribution in [0.2, 0.25) is 10.0 Å². The average Bonchev–Trinajstić information content (AvgIpc) is 2.93. The molecule has 2 rings (SSSR count). The molecular weight excluding hydrogens is 375 g/mol. The number of nitrogens with one attached hydrogen (secondary N) is 2. The van der Waals surface area contributed by atoms with Crippen molar-refractivity contribution in [1.29, 1.82) is 0 Å². The molecule has 1 atom stereocenters. The van der Waals surface area contributed by atoms with Crippen LogP contribution in [0.15, 0.2) is 23.2 Å². The summed E-state index contributed by atoms with van der Waals surface area (Å²) in [5.41, 5.74) is 1.01. The van der Waals surface area contributed by atoms with Crippen LogP contribution in [-0.4, -0.2) is 41.0 Å². The minimum absolute atomic E-state index is 0.0141. The van der Waals surface area contributed by atoms with Gasteiger partial charge in [0.1, 0.15) is 12.4 Å². The Bertz CT molecular complexity index is 762. The summed E-state index contributed by atoms with van der Waals surface area (Å²) in [5.74, 6) is 2.29. The molecule has 0 aliphatic heterocycles. The van der Waals surface area contributed by atoms with Crippen molar-refractivity contribution in [2.45, 2.75) is 26.4 Å². The lowest BCUT2D eigenvalue weighted by molar-refractivity contribution is 0.203. The van der Waals surface area contributed by atoms with E-state index in [0.717, 1.165) is 17.2 Å². The summed E-state index contributed by atoms with van der Waals surface area (Å²) in [7, 11) is 3.58. The van der Waals surface area contributed by atoms with Crippen molar-refractivity contribution in [3.63, 3.8) is 0 Å². The maximum absolute atomic E-state index is 6.12. The van der Waals surface area contributed by atoms with Gasteiger partial charge >= 0.3 is 0 Å². The molecule has 1 unspecified atom stereocenters. The lowest BCUT2D eigenvalue weighted by Gasteiger charge is -2.19. The van der Waals surface area contributed by atoms with E-state index in [0.29, 0.717) is 35.7 Å². The number of nitrogens with zero attached hydrogens (tertiary/aromatic N) is 4. The molecule has 0 aliphatic carbocycles. The predicted octanol–water partition coefficient (Wildman–Crippen LogP) is 2.87. The predicted molar refractivity (Wildman–Crippen MR) is 105 cm³/mol. The number of aryl methyl sites for hydroxylation is 1. The number of guanidine groups is 1. The van der Waals surface area contributed by atoms with Crippen LogP contribution in [0.25, 0.3) is 0 Å². The lowest BCUT2D eigenvalue weighted by atomic mass is 10.1. The molecule has 7 nitrogen and oxygen atoms in total. The Labute approximate surface area is 163 Å². The van der Waals surface area contributed by atoms with Gasteiger partial charge in [0.05, 0.1) is 22.7 Å². The number of hydrogen-bond acceptors (Lipinski definition) is 4. The van der Waals surface area contributed by atoms with E-state index in [1.165, 1.54) is 0 Å². The van der Waals surface area contributed by atoms with Crippen LogP contribution in [0.4, 0.5) is 0 Å². The van der Waals surface area contributed by atoms with Gasteiger partial charge in [-0.15, -0.1) is 10.2 Å². The van der Waals surface area contributed by atoms with Gasteiger partial charge in [0, 0.05) is 20.7 Å². The van der Waals surface area contributed by atoms with E-state index >= 15 is 0 Å². The molecule has 0 amide bonds. The molecule has 0 saturated carbocycles. The van der Waals surface area contributed by atoms with E-state index in [2.05, 4.69) is 25.8 Å². The van der Waals surface area contributed by atoms with Crippen LogP contribution in [0.5, 0.6) is 0 Å². The van der Waals surface area contributed by atoms with Gasteiger partial charge in [-0.2, -0.15) is 0 Å². The first-order chi connectivity index (χ1) is 12.4. The van der Waals surface area contributed by atoms with Crippen LogP contribution in [-0.2, 0) is 18.3 Å². The number of halogens is 2. The van der Waals surface area contributed by atoms with Crippen LogP contribution >= 0.6 is 23.2 Å². The van der Waals surface area contributed by atoms with Gasteiger partial charge in [-0.05, 0) is 31.5 Å². The molecule has 9 heteroatoms. The lowest BCUT2D eigenvalue weighted by Crippen LogP contribution is -2.40. The Morgan fingerprint density at radius 3 is 2.69 bits per heavy atom. The van der Waals surface area contributed by atoms with Crippen LogP contribution < -0.4 is 10.6 Å². The Balaban J connectivity index is 2.10. The highest BCUT2D eigenvalue weighted by molar-refractivity contribution is 6.42. The first kappa shape index (κ1) is 20.5. The van der Waals surface area contributed by atoms with Crippen molar-refractivity contribution < 1.29 is 4.74 Å². The molecule has 2 aromatic rings. The highest BCUT2D eigenvalue weighted by Gasteiger charge is 2.11. The van der Waals surface area contributed by atoms with Crippen molar-refractivity contribution in [2.75, 3.05) is 20.3 Å². The quantitative estimate of drug-likeness (QED) is 0.425. The second-order valence-electron chi connectivity index (χ2n) is 5.85. The summed E-state index contributed by atoms with van der Waals surface area (Å²) >= 11 is 12.1. The smallest absolute Gasteiger partial charge is 0.192 e. The first-order valence-corrected chi connectivity index (χ1v) is 9.01. The molecule has 0 spiro atoms. The number of benzene rings is 1. The zero-order valence-electron chi connectivity index (χ0n) is 15.4. The van der Waals surface area contributed by atoms with E-state index in [-0.39, 0.29) is 6.04 Å². The molecule has 26 heavy (non-hydrogen) atoms. The average molecular weight is 399 g/mol. The zero-order chi connectivity index (χ0) is 19.1. The van der Waals surface area contributed by atoms with Gasteiger partial charge in [0.25, 0.3) is 0 Å². The summed E-state index contributed by atoms with van der Waals surface area (Å²) in [4.78, 5) is 4.60.